The molecule has 2 aromatic carbocycles. The Bertz CT molecular complexity index is 1260. The van der Waals surface area contributed by atoms with E-state index in [-0.39, 0.29) is 17.9 Å². The van der Waals surface area contributed by atoms with Gasteiger partial charge in [0.25, 0.3) is 0 Å². The van der Waals surface area contributed by atoms with Gasteiger partial charge in [0.05, 0.1) is 35.4 Å². The lowest BCUT2D eigenvalue weighted by Gasteiger charge is -2.09. The molecule has 9 heteroatoms. The Balaban J connectivity index is 1.70. The lowest BCUT2D eigenvalue weighted by atomic mass is 10.2. The SMILES string of the molecule is CCOC(=O)c1ccc2c(c1)nc(SCc1cc(F)c(F)c(F)c1)n2Cc1ccccn1. The smallest absolute Gasteiger partial charge is 0.338 e. The average molecular weight is 457 g/mol. The van der Waals surface area contributed by atoms with Gasteiger partial charge in [-0.2, -0.15) is 0 Å². The van der Waals surface area contributed by atoms with Gasteiger partial charge in [0.1, 0.15) is 0 Å². The van der Waals surface area contributed by atoms with Crippen LogP contribution in [0, 0.1) is 17.5 Å². The summed E-state index contributed by atoms with van der Waals surface area (Å²) >= 11 is 1.25. The standard InChI is InChI=1S/C23H18F3N3O2S/c1-2-31-22(30)15-6-7-20-19(11-15)28-23(29(20)12-16-5-3-4-8-27-16)32-13-14-9-17(24)21(26)18(25)10-14/h3-11H,2,12-13H2,1H3. The number of carbonyl (C=O) groups excluding carboxylic acids is 1. The topological polar surface area (TPSA) is 57.0 Å². The highest BCUT2D eigenvalue weighted by Crippen LogP contribution is 2.29. The second-order valence-electron chi connectivity index (χ2n) is 6.89. The van der Waals surface area contributed by atoms with E-state index < -0.39 is 23.4 Å². The summed E-state index contributed by atoms with van der Waals surface area (Å²) < 4.78 is 47.4. The fourth-order valence-electron chi connectivity index (χ4n) is 3.20. The summed E-state index contributed by atoms with van der Waals surface area (Å²) in [5, 5.41) is 0.566. The second kappa shape index (κ2) is 9.44. The monoisotopic (exact) mass is 457 g/mol. The molecule has 0 amide bonds. The summed E-state index contributed by atoms with van der Waals surface area (Å²) in [5.41, 5.74) is 2.80. The van der Waals surface area contributed by atoms with E-state index in [1.54, 1.807) is 31.3 Å². The van der Waals surface area contributed by atoms with Gasteiger partial charge in [-0.3, -0.25) is 4.98 Å². The van der Waals surface area contributed by atoms with Crippen LogP contribution in [0.3, 0.4) is 0 Å². The molecule has 0 spiro atoms. The molecule has 32 heavy (non-hydrogen) atoms. The van der Waals surface area contributed by atoms with Crippen molar-refractivity contribution in [2.75, 3.05) is 6.61 Å². The number of hydrogen-bond donors (Lipinski definition) is 0. The quantitative estimate of drug-likeness (QED) is 0.212. The summed E-state index contributed by atoms with van der Waals surface area (Å²) in [5.74, 6) is -4.24. The normalized spacial score (nSPS) is 11.1. The highest BCUT2D eigenvalue weighted by Gasteiger charge is 2.17. The minimum atomic E-state index is -1.49. The number of rotatable bonds is 7. The number of esters is 1. The number of carbonyl (C=O) groups is 1. The molecule has 0 N–H and O–H groups in total. The van der Waals surface area contributed by atoms with Crippen molar-refractivity contribution in [3.8, 4) is 0 Å². The molecular weight excluding hydrogens is 439 g/mol. The fourth-order valence-corrected chi connectivity index (χ4v) is 4.15. The Kier molecular flexibility index (Phi) is 6.45. The first-order valence-electron chi connectivity index (χ1n) is 9.79. The predicted molar refractivity (Wildman–Crippen MR) is 115 cm³/mol. The highest BCUT2D eigenvalue weighted by molar-refractivity contribution is 7.98. The van der Waals surface area contributed by atoms with Crippen LogP contribution < -0.4 is 0 Å². The van der Waals surface area contributed by atoms with Gasteiger partial charge in [-0.05, 0) is 55.0 Å². The van der Waals surface area contributed by atoms with Gasteiger partial charge in [0.2, 0.25) is 0 Å². The number of nitrogens with zero attached hydrogens (tertiary/aromatic N) is 3. The Labute approximate surface area is 186 Å². The third-order valence-electron chi connectivity index (χ3n) is 4.68. The highest BCUT2D eigenvalue weighted by atomic mass is 32.2. The largest absolute Gasteiger partial charge is 0.462 e. The van der Waals surface area contributed by atoms with Gasteiger partial charge in [0.15, 0.2) is 22.6 Å². The number of fused-ring (bicyclic) bond motifs is 1. The molecule has 4 aromatic rings. The molecule has 4 rings (SSSR count). The molecule has 0 saturated carbocycles. The van der Waals surface area contributed by atoms with Crippen LogP contribution in [0.25, 0.3) is 11.0 Å². The van der Waals surface area contributed by atoms with Crippen LogP contribution in [0.1, 0.15) is 28.5 Å². The third kappa shape index (κ3) is 4.62. The number of thioether (sulfide) groups is 1. The third-order valence-corrected chi connectivity index (χ3v) is 5.73. The van der Waals surface area contributed by atoms with E-state index in [1.807, 2.05) is 22.8 Å². The van der Waals surface area contributed by atoms with E-state index >= 15 is 0 Å². The summed E-state index contributed by atoms with van der Waals surface area (Å²) in [6.07, 6.45) is 1.68. The molecule has 0 bridgehead atoms. The van der Waals surface area contributed by atoms with Gasteiger partial charge in [-0.1, -0.05) is 17.8 Å². The number of hydrogen-bond acceptors (Lipinski definition) is 5. The molecule has 2 heterocycles. The van der Waals surface area contributed by atoms with Crippen molar-refractivity contribution in [3.05, 3.63) is 89.0 Å². The first-order chi connectivity index (χ1) is 15.5. The Morgan fingerprint density at radius 2 is 1.88 bits per heavy atom. The molecule has 164 valence electrons. The van der Waals surface area contributed by atoms with Crippen molar-refractivity contribution in [1.29, 1.82) is 0 Å². The number of ether oxygens (including phenoxy) is 1. The molecule has 0 radical (unpaired) electrons. The van der Waals surface area contributed by atoms with Gasteiger partial charge in [-0.25, -0.2) is 22.9 Å². The Morgan fingerprint density at radius 3 is 2.56 bits per heavy atom. The lowest BCUT2D eigenvalue weighted by molar-refractivity contribution is 0.0526. The van der Waals surface area contributed by atoms with Crippen molar-refractivity contribution in [3.63, 3.8) is 0 Å². The number of aromatic nitrogens is 3. The molecule has 2 aromatic heterocycles. The maximum atomic E-state index is 13.6. The molecule has 0 fully saturated rings. The first kappa shape index (κ1) is 21.9. The Hall–Kier alpha value is -3.33. The number of benzene rings is 2. The van der Waals surface area contributed by atoms with Crippen molar-refractivity contribution < 1.29 is 22.7 Å². The predicted octanol–water partition coefficient (Wildman–Crippen LogP) is 5.37. The summed E-state index contributed by atoms with van der Waals surface area (Å²) in [6.45, 7) is 2.40. The second-order valence-corrected chi connectivity index (χ2v) is 7.83. The first-order valence-corrected chi connectivity index (χ1v) is 10.8. The molecule has 0 aliphatic rings. The van der Waals surface area contributed by atoms with Gasteiger partial charge in [0, 0.05) is 11.9 Å². The molecular formula is C23H18F3N3O2S. The zero-order valence-electron chi connectivity index (χ0n) is 17.0. The van der Waals surface area contributed by atoms with E-state index in [1.165, 1.54) is 11.8 Å². The van der Waals surface area contributed by atoms with Crippen LogP contribution in [0.5, 0.6) is 0 Å². The van der Waals surface area contributed by atoms with Crippen LogP contribution in [0.4, 0.5) is 13.2 Å². The minimum absolute atomic E-state index is 0.171. The number of imidazole rings is 1. The molecule has 0 aliphatic heterocycles. The number of pyridine rings is 1. The van der Waals surface area contributed by atoms with E-state index in [9.17, 15) is 18.0 Å². The van der Waals surface area contributed by atoms with Crippen LogP contribution >= 0.6 is 11.8 Å². The van der Waals surface area contributed by atoms with E-state index in [0.717, 1.165) is 23.3 Å². The molecule has 0 saturated heterocycles. The lowest BCUT2D eigenvalue weighted by Crippen LogP contribution is -2.05. The summed E-state index contributed by atoms with van der Waals surface area (Å²) in [4.78, 5) is 21.1. The van der Waals surface area contributed by atoms with Crippen molar-refractivity contribution in [1.82, 2.24) is 14.5 Å². The maximum Gasteiger partial charge on any atom is 0.338 e. The van der Waals surface area contributed by atoms with Gasteiger partial charge >= 0.3 is 5.97 Å². The molecule has 0 unspecified atom stereocenters. The summed E-state index contributed by atoms with van der Waals surface area (Å²) in [7, 11) is 0. The van der Waals surface area contributed by atoms with Crippen LogP contribution in [-0.2, 0) is 17.0 Å². The van der Waals surface area contributed by atoms with Crippen molar-refractivity contribution in [2.24, 2.45) is 0 Å². The minimum Gasteiger partial charge on any atom is -0.462 e. The van der Waals surface area contributed by atoms with E-state index in [4.69, 9.17) is 4.74 Å². The van der Waals surface area contributed by atoms with E-state index in [2.05, 4.69) is 9.97 Å². The molecule has 0 aliphatic carbocycles. The fraction of sp³-hybridized carbons (Fsp3) is 0.174. The summed E-state index contributed by atoms with van der Waals surface area (Å²) in [6, 6.07) is 12.6. The zero-order chi connectivity index (χ0) is 22.7. The molecule has 0 atom stereocenters. The van der Waals surface area contributed by atoms with Crippen molar-refractivity contribution in [2.45, 2.75) is 24.4 Å². The zero-order valence-corrected chi connectivity index (χ0v) is 17.8. The van der Waals surface area contributed by atoms with E-state index in [0.29, 0.717) is 22.8 Å². The maximum absolute atomic E-state index is 13.6. The van der Waals surface area contributed by atoms with Gasteiger partial charge in [-0.15, -0.1) is 0 Å². The van der Waals surface area contributed by atoms with Crippen LogP contribution in [0.2, 0.25) is 0 Å². The van der Waals surface area contributed by atoms with Crippen molar-refractivity contribution >= 4 is 28.8 Å². The average Bonchev–Trinajstić information content (AvgIpc) is 3.13. The van der Waals surface area contributed by atoms with Gasteiger partial charge < -0.3 is 9.30 Å². The Morgan fingerprint density at radius 1 is 1.09 bits per heavy atom. The van der Waals surface area contributed by atoms with Crippen LogP contribution in [0.15, 0.2) is 59.9 Å². The number of halogens is 3. The van der Waals surface area contributed by atoms with Crippen LogP contribution in [-0.4, -0.2) is 27.1 Å². The molecule has 5 nitrogen and oxygen atoms in total.